The molecular weight excluding hydrogens is 291 g/mol. The fraction of sp³-hybridized carbons (Fsp3) is 0.188. The lowest BCUT2D eigenvalue weighted by Gasteiger charge is -2.25. The van der Waals surface area contributed by atoms with Gasteiger partial charge in [0.05, 0.1) is 11.1 Å². The van der Waals surface area contributed by atoms with Gasteiger partial charge in [-0.3, -0.25) is 4.79 Å². The van der Waals surface area contributed by atoms with Gasteiger partial charge in [0, 0.05) is 18.3 Å². The first-order valence-corrected chi connectivity index (χ1v) is 6.85. The van der Waals surface area contributed by atoms with Crippen molar-refractivity contribution in [1.29, 1.82) is 0 Å². The van der Waals surface area contributed by atoms with E-state index in [1.807, 2.05) is 25.1 Å². The smallest absolute Gasteiger partial charge is 0.254 e. The summed E-state index contributed by atoms with van der Waals surface area (Å²) in [5.74, 6) is -0.881. The minimum atomic E-state index is -0.604. The van der Waals surface area contributed by atoms with E-state index < -0.39 is 5.82 Å². The van der Waals surface area contributed by atoms with Crippen LogP contribution in [0.15, 0.2) is 42.5 Å². The van der Waals surface area contributed by atoms with Gasteiger partial charge < -0.3 is 10.6 Å². The largest absolute Gasteiger partial charge is 0.399 e. The molecule has 2 aromatic carbocycles. The quantitative estimate of drug-likeness (QED) is 0.874. The van der Waals surface area contributed by atoms with Gasteiger partial charge in [0.25, 0.3) is 5.91 Å². The van der Waals surface area contributed by atoms with Gasteiger partial charge in [-0.15, -0.1) is 0 Å². The molecule has 0 aliphatic rings. The number of benzene rings is 2. The molecule has 0 fully saturated rings. The van der Waals surface area contributed by atoms with Gasteiger partial charge in [0.15, 0.2) is 0 Å². The lowest BCUT2D eigenvalue weighted by molar-refractivity contribution is 0.0742. The summed E-state index contributed by atoms with van der Waals surface area (Å²) in [7, 11) is 1.67. The molecule has 5 heteroatoms. The number of nitrogens with two attached hydrogens (primary N) is 1. The van der Waals surface area contributed by atoms with Crippen molar-refractivity contribution in [3.05, 3.63) is 64.4 Å². The highest BCUT2D eigenvalue weighted by Crippen LogP contribution is 2.23. The monoisotopic (exact) mass is 306 g/mol. The molecule has 0 saturated heterocycles. The third-order valence-electron chi connectivity index (χ3n) is 3.46. The van der Waals surface area contributed by atoms with Crippen molar-refractivity contribution >= 4 is 23.2 Å². The van der Waals surface area contributed by atoms with Gasteiger partial charge in [-0.25, -0.2) is 4.39 Å². The number of rotatable bonds is 3. The zero-order chi connectivity index (χ0) is 15.6. The van der Waals surface area contributed by atoms with Crippen LogP contribution in [0.3, 0.4) is 0 Å². The molecule has 0 bridgehead atoms. The third-order valence-corrected chi connectivity index (χ3v) is 3.77. The number of hydrogen-bond acceptors (Lipinski definition) is 2. The molecule has 3 nitrogen and oxygen atoms in total. The van der Waals surface area contributed by atoms with Crippen molar-refractivity contribution < 1.29 is 9.18 Å². The molecule has 1 amide bonds. The van der Waals surface area contributed by atoms with E-state index in [9.17, 15) is 9.18 Å². The molecule has 0 spiro atoms. The van der Waals surface area contributed by atoms with E-state index in [0.717, 1.165) is 11.6 Å². The van der Waals surface area contributed by atoms with Crippen LogP contribution in [0.25, 0.3) is 0 Å². The number of carbonyl (C=O) groups excluding carboxylic acids is 1. The Hall–Kier alpha value is -2.07. The van der Waals surface area contributed by atoms with Crippen molar-refractivity contribution in [1.82, 2.24) is 4.90 Å². The molecule has 0 radical (unpaired) electrons. The number of hydrogen-bond donors (Lipinski definition) is 1. The van der Waals surface area contributed by atoms with Crippen LogP contribution in [0.2, 0.25) is 5.02 Å². The zero-order valence-corrected chi connectivity index (χ0v) is 12.6. The molecule has 1 atom stereocenters. The lowest BCUT2D eigenvalue weighted by atomic mass is 10.1. The van der Waals surface area contributed by atoms with Crippen molar-refractivity contribution in [3.63, 3.8) is 0 Å². The second kappa shape index (κ2) is 6.14. The van der Waals surface area contributed by atoms with Crippen LogP contribution >= 0.6 is 11.6 Å². The molecule has 0 aliphatic carbocycles. The van der Waals surface area contributed by atoms with E-state index in [0.29, 0.717) is 5.69 Å². The SMILES string of the molecule is CC(c1cccc(N)c1)N(C)C(=O)c1ccc(Cl)c(F)c1. The predicted octanol–water partition coefficient (Wildman–Crippen LogP) is 3.89. The van der Waals surface area contributed by atoms with E-state index in [1.54, 1.807) is 13.1 Å². The van der Waals surface area contributed by atoms with Gasteiger partial charge in [-0.05, 0) is 42.8 Å². The lowest BCUT2D eigenvalue weighted by Crippen LogP contribution is -2.29. The molecule has 2 N–H and O–H groups in total. The standard InChI is InChI=1S/C16H16ClFN2O/c1-10(11-4-3-5-13(19)8-11)20(2)16(21)12-6-7-14(17)15(18)9-12/h3-10H,19H2,1-2H3. The Kier molecular flexibility index (Phi) is 4.48. The minimum absolute atomic E-state index is 0.00177. The summed E-state index contributed by atoms with van der Waals surface area (Å²) >= 11 is 5.63. The summed E-state index contributed by atoms with van der Waals surface area (Å²) in [5.41, 5.74) is 7.57. The Bertz CT molecular complexity index is 675. The number of nitrogens with zero attached hydrogens (tertiary/aromatic N) is 1. The van der Waals surface area contributed by atoms with Crippen LogP contribution in [0.1, 0.15) is 28.9 Å². The molecular formula is C16H16ClFN2O. The predicted molar refractivity (Wildman–Crippen MR) is 82.8 cm³/mol. The number of nitrogen functional groups attached to an aromatic ring is 1. The number of anilines is 1. The maximum atomic E-state index is 13.5. The first-order valence-electron chi connectivity index (χ1n) is 6.48. The Balaban J connectivity index is 2.24. The van der Waals surface area contributed by atoms with Crippen LogP contribution in [-0.2, 0) is 0 Å². The minimum Gasteiger partial charge on any atom is -0.399 e. The van der Waals surface area contributed by atoms with Gasteiger partial charge in [-0.1, -0.05) is 23.7 Å². The zero-order valence-electron chi connectivity index (χ0n) is 11.8. The summed E-state index contributed by atoms with van der Waals surface area (Å²) in [6.45, 7) is 1.89. The summed E-state index contributed by atoms with van der Waals surface area (Å²) in [6.07, 6.45) is 0. The van der Waals surface area contributed by atoms with Crippen LogP contribution in [0.4, 0.5) is 10.1 Å². The molecule has 0 saturated carbocycles. The summed E-state index contributed by atoms with van der Waals surface area (Å²) in [6, 6.07) is 11.2. The second-order valence-corrected chi connectivity index (χ2v) is 5.30. The average molecular weight is 307 g/mol. The first-order chi connectivity index (χ1) is 9.90. The van der Waals surface area contributed by atoms with Gasteiger partial charge >= 0.3 is 0 Å². The van der Waals surface area contributed by atoms with Gasteiger partial charge in [0.2, 0.25) is 0 Å². The molecule has 21 heavy (non-hydrogen) atoms. The van der Waals surface area contributed by atoms with Crippen molar-refractivity contribution in [2.75, 3.05) is 12.8 Å². The summed E-state index contributed by atoms with van der Waals surface area (Å²) in [5, 5.41) is -0.00177. The van der Waals surface area contributed by atoms with Crippen LogP contribution in [0, 0.1) is 5.82 Å². The first kappa shape index (κ1) is 15.3. The van der Waals surface area contributed by atoms with E-state index in [2.05, 4.69) is 0 Å². The van der Waals surface area contributed by atoms with E-state index in [4.69, 9.17) is 17.3 Å². The van der Waals surface area contributed by atoms with Crippen LogP contribution < -0.4 is 5.73 Å². The third kappa shape index (κ3) is 3.34. The van der Waals surface area contributed by atoms with Crippen LogP contribution in [-0.4, -0.2) is 17.9 Å². The molecule has 1 unspecified atom stereocenters. The molecule has 110 valence electrons. The van der Waals surface area contributed by atoms with E-state index in [1.165, 1.54) is 17.0 Å². The molecule has 2 rings (SSSR count). The Morgan fingerprint density at radius 2 is 2.00 bits per heavy atom. The molecule has 0 aromatic heterocycles. The Morgan fingerprint density at radius 1 is 1.29 bits per heavy atom. The molecule has 2 aromatic rings. The molecule has 0 aliphatic heterocycles. The Morgan fingerprint density at radius 3 is 2.62 bits per heavy atom. The van der Waals surface area contributed by atoms with Crippen molar-refractivity contribution in [3.8, 4) is 0 Å². The number of carbonyl (C=O) groups is 1. The van der Waals surface area contributed by atoms with Gasteiger partial charge in [0.1, 0.15) is 5.82 Å². The van der Waals surface area contributed by atoms with E-state index >= 15 is 0 Å². The highest BCUT2D eigenvalue weighted by molar-refractivity contribution is 6.30. The summed E-state index contributed by atoms with van der Waals surface area (Å²) < 4.78 is 13.5. The fourth-order valence-electron chi connectivity index (χ4n) is 2.05. The highest BCUT2D eigenvalue weighted by atomic mass is 35.5. The topological polar surface area (TPSA) is 46.3 Å². The number of halogens is 2. The molecule has 0 heterocycles. The van der Waals surface area contributed by atoms with E-state index in [-0.39, 0.29) is 22.5 Å². The summed E-state index contributed by atoms with van der Waals surface area (Å²) in [4.78, 5) is 13.9. The second-order valence-electron chi connectivity index (χ2n) is 4.89. The maximum Gasteiger partial charge on any atom is 0.254 e. The fourth-order valence-corrected chi connectivity index (χ4v) is 2.17. The number of amides is 1. The average Bonchev–Trinajstić information content (AvgIpc) is 2.47. The van der Waals surface area contributed by atoms with Crippen molar-refractivity contribution in [2.45, 2.75) is 13.0 Å². The maximum absolute atomic E-state index is 13.5. The van der Waals surface area contributed by atoms with Gasteiger partial charge in [-0.2, -0.15) is 0 Å². The van der Waals surface area contributed by atoms with Crippen molar-refractivity contribution in [2.24, 2.45) is 0 Å². The normalized spacial score (nSPS) is 12.0. The Labute approximate surface area is 128 Å². The van der Waals surface area contributed by atoms with Crippen LogP contribution in [0.5, 0.6) is 0 Å². The highest BCUT2D eigenvalue weighted by Gasteiger charge is 2.19.